The highest BCUT2D eigenvalue weighted by Gasteiger charge is 2.45. The third-order valence-corrected chi connectivity index (χ3v) is 3.86. The number of nitrogens with two attached hydrogens (primary N) is 1. The van der Waals surface area contributed by atoms with E-state index in [2.05, 4.69) is 24.4 Å². The lowest BCUT2D eigenvalue weighted by molar-refractivity contribution is -0.131. The van der Waals surface area contributed by atoms with Gasteiger partial charge in [-0.05, 0) is 24.7 Å². The first-order valence-electron chi connectivity index (χ1n) is 5.67. The van der Waals surface area contributed by atoms with Crippen molar-refractivity contribution < 1.29 is 4.79 Å². The van der Waals surface area contributed by atoms with Crippen molar-refractivity contribution >= 4 is 11.7 Å². The fourth-order valence-electron chi connectivity index (χ4n) is 2.24. The van der Waals surface area contributed by atoms with Gasteiger partial charge in [0, 0.05) is 12.0 Å². The molecule has 16 heavy (non-hydrogen) atoms. The van der Waals surface area contributed by atoms with E-state index in [1.165, 1.54) is 4.79 Å². The van der Waals surface area contributed by atoms with Crippen LogP contribution in [0.15, 0.2) is 12.3 Å². The topological polar surface area (TPSA) is 72.9 Å². The third-order valence-electron chi connectivity index (χ3n) is 3.86. The molecular weight excluding hydrogens is 204 g/mol. The van der Waals surface area contributed by atoms with Gasteiger partial charge in [-0.25, -0.2) is 5.43 Å². The van der Waals surface area contributed by atoms with E-state index in [1.54, 1.807) is 12.3 Å². The van der Waals surface area contributed by atoms with Gasteiger partial charge in [-0.1, -0.05) is 13.8 Å². The molecule has 88 valence electrons. The van der Waals surface area contributed by atoms with Gasteiger partial charge in [0.15, 0.2) is 0 Å². The lowest BCUT2D eigenvalue weighted by Gasteiger charge is -2.45. The number of aromatic nitrogens is 2. The van der Waals surface area contributed by atoms with E-state index in [0.717, 1.165) is 19.3 Å². The molecule has 5 nitrogen and oxygen atoms in total. The minimum atomic E-state index is 0.0194. The fraction of sp³-hybridized carbons (Fsp3) is 0.636. The molecule has 1 fully saturated rings. The van der Waals surface area contributed by atoms with Gasteiger partial charge < -0.3 is 5.73 Å². The molecule has 1 saturated carbocycles. The van der Waals surface area contributed by atoms with Crippen LogP contribution in [0.4, 0.5) is 5.82 Å². The Balaban J connectivity index is 2.02. The molecule has 0 saturated heterocycles. The summed E-state index contributed by atoms with van der Waals surface area (Å²) in [6, 6.07) is 1.65. The van der Waals surface area contributed by atoms with Crippen molar-refractivity contribution in [2.24, 2.45) is 11.3 Å². The molecule has 0 spiro atoms. The highest BCUT2D eigenvalue weighted by molar-refractivity contribution is 5.87. The Hall–Kier alpha value is -1.52. The zero-order valence-corrected chi connectivity index (χ0v) is 9.73. The number of carbonyl (C=O) groups excluding carboxylic acids is 1. The second kappa shape index (κ2) is 3.81. The van der Waals surface area contributed by atoms with Crippen molar-refractivity contribution in [1.82, 2.24) is 9.89 Å². The molecule has 1 aliphatic rings. The number of nitrogens with zero attached hydrogens (tertiary/aromatic N) is 2. The summed E-state index contributed by atoms with van der Waals surface area (Å²) >= 11 is 0. The summed E-state index contributed by atoms with van der Waals surface area (Å²) in [5, 5.41) is 3.93. The Morgan fingerprint density at radius 1 is 1.81 bits per heavy atom. The van der Waals surface area contributed by atoms with Crippen LogP contribution in [-0.4, -0.2) is 15.8 Å². The summed E-state index contributed by atoms with van der Waals surface area (Å²) in [4.78, 5) is 13.3. The number of carbonyl (C=O) groups is 1. The Morgan fingerprint density at radius 2 is 2.56 bits per heavy atom. The zero-order valence-electron chi connectivity index (χ0n) is 9.73. The second-order valence-corrected chi connectivity index (χ2v) is 4.74. The highest BCUT2D eigenvalue weighted by Crippen LogP contribution is 2.48. The van der Waals surface area contributed by atoms with E-state index in [-0.39, 0.29) is 17.2 Å². The van der Waals surface area contributed by atoms with Crippen molar-refractivity contribution in [1.29, 1.82) is 0 Å². The molecule has 0 aliphatic heterocycles. The molecule has 0 radical (unpaired) electrons. The van der Waals surface area contributed by atoms with Crippen LogP contribution < -0.4 is 11.2 Å². The molecule has 2 unspecified atom stereocenters. The van der Waals surface area contributed by atoms with E-state index in [0.29, 0.717) is 5.82 Å². The predicted molar refractivity (Wildman–Crippen MR) is 62.1 cm³/mol. The first-order valence-corrected chi connectivity index (χ1v) is 5.67. The summed E-state index contributed by atoms with van der Waals surface area (Å²) < 4.78 is 0. The minimum absolute atomic E-state index is 0.0194. The van der Waals surface area contributed by atoms with Crippen LogP contribution in [0.1, 0.15) is 33.1 Å². The molecule has 2 atom stereocenters. The van der Waals surface area contributed by atoms with Gasteiger partial charge >= 0.3 is 0 Å². The van der Waals surface area contributed by atoms with Crippen molar-refractivity contribution in [3.63, 3.8) is 0 Å². The van der Waals surface area contributed by atoms with Crippen LogP contribution in [0.5, 0.6) is 0 Å². The molecule has 5 heteroatoms. The molecule has 1 heterocycles. The molecule has 0 bridgehead atoms. The number of anilines is 1. The number of hydrogen-bond acceptors (Lipinski definition) is 3. The Kier molecular flexibility index (Phi) is 2.61. The molecule has 0 aromatic carbocycles. The monoisotopic (exact) mass is 222 g/mol. The van der Waals surface area contributed by atoms with Crippen molar-refractivity contribution in [2.75, 3.05) is 11.2 Å². The van der Waals surface area contributed by atoms with E-state index < -0.39 is 0 Å². The van der Waals surface area contributed by atoms with Crippen molar-refractivity contribution in [2.45, 2.75) is 33.1 Å². The summed E-state index contributed by atoms with van der Waals surface area (Å²) in [5.74, 6) is 0.554. The average molecular weight is 222 g/mol. The molecule has 2 rings (SSSR count). The molecule has 1 amide bonds. The van der Waals surface area contributed by atoms with Gasteiger partial charge in [-0.3, -0.25) is 4.79 Å². The van der Waals surface area contributed by atoms with E-state index >= 15 is 0 Å². The number of rotatable bonds is 3. The Labute approximate surface area is 95.0 Å². The lowest BCUT2D eigenvalue weighted by Crippen LogP contribution is -2.46. The normalized spacial score (nSPS) is 28.5. The van der Waals surface area contributed by atoms with Crippen LogP contribution in [0.2, 0.25) is 0 Å². The third kappa shape index (κ3) is 1.66. The minimum Gasteiger partial charge on any atom is -0.382 e. The summed E-state index contributed by atoms with van der Waals surface area (Å²) in [5.41, 5.74) is 8.50. The predicted octanol–water partition coefficient (Wildman–Crippen LogP) is 1.36. The Bertz CT molecular complexity index is 396. The smallest absolute Gasteiger partial charge is 0.243 e. The van der Waals surface area contributed by atoms with Gasteiger partial charge in [0.25, 0.3) is 0 Å². The summed E-state index contributed by atoms with van der Waals surface area (Å²) in [6.45, 7) is 4.29. The average Bonchev–Trinajstić information content (AvgIpc) is 2.61. The zero-order chi connectivity index (χ0) is 11.8. The first-order chi connectivity index (χ1) is 7.57. The van der Waals surface area contributed by atoms with Gasteiger partial charge in [0.05, 0.1) is 6.20 Å². The van der Waals surface area contributed by atoms with Gasteiger partial charge in [0.1, 0.15) is 5.82 Å². The van der Waals surface area contributed by atoms with Crippen LogP contribution in [0, 0.1) is 11.3 Å². The van der Waals surface area contributed by atoms with Gasteiger partial charge in [-0.15, -0.1) is 0 Å². The van der Waals surface area contributed by atoms with E-state index in [9.17, 15) is 4.79 Å². The quantitative estimate of drug-likeness (QED) is 0.811. The lowest BCUT2D eigenvalue weighted by atomic mass is 9.59. The van der Waals surface area contributed by atoms with Crippen LogP contribution >= 0.6 is 0 Å². The van der Waals surface area contributed by atoms with Crippen LogP contribution in [0.25, 0.3) is 0 Å². The summed E-state index contributed by atoms with van der Waals surface area (Å²) in [6.07, 6.45) is 4.67. The molecular formula is C11H18N4O. The van der Waals surface area contributed by atoms with Crippen molar-refractivity contribution in [3.8, 4) is 0 Å². The number of nitrogen functional groups attached to an aromatic ring is 1. The Morgan fingerprint density at radius 3 is 3.00 bits per heavy atom. The maximum atomic E-state index is 12.0. The van der Waals surface area contributed by atoms with Gasteiger partial charge in [-0.2, -0.15) is 9.89 Å². The largest absolute Gasteiger partial charge is 0.382 e. The molecule has 1 aliphatic carbocycles. The van der Waals surface area contributed by atoms with E-state index in [4.69, 9.17) is 5.73 Å². The maximum Gasteiger partial charge on any atom is 0.243 e. The SMILES string of the molecule is CCC1(C)CCC1C(=O)Nn1nccc1N. The van der Waals surface area contributed by atoms with Gasteiger partial charge in [0.2, 0.25) is 5.91 Å². The summed E-state index contributed by atoms with van der Waals surface area (Å²) in [7, 11) is 0. The molecule has 3 N–H and O–H groups in total. The fourth-order valence-corrected chi connectivity index (χ4v) is 2.24. The molecule has 1 aromatic heterocycles. The second-order valence-electron chi connectivity index (χ2n) is 4.74. The van der Waals surface area contributed by atoms with E-state index in [1.807, 2.05) is 0 Å². The standard InChI is InChI=1S/C11H18N4O/c1-3-11(2)6-4-8(11)10(16)14-15-9(12)5-7-13-15/h5,7-8H,3-4,6,12H2,1-2H3,(H,14,16). The van der Waals surface area contributed by atoms with Crippen LogP contribution in [-0.2, 0) is 4.79 Å². The van der Waals surface area contributed by atoms with Crippen molar-refractivity contribution in [3.05, 3.63) is 12.3 Å². The number of nitrogens with one attached hydrogen (secondary N) is 1. The maximum absolute atomic E-state index is 12.0. The number of hydrogen-bond donors (Lipinski definition) is 2. The highest BCUT2D eigenvalue weighted by atomic mass is 16.2. The molecule has 1 aromatic rings. The number of amides is 1. The first kappa shape index (κ1) is 11.0. The van der Waals surface area contributed by atoms with Crippen LogP contribution in [0.3, 0.4) is 0 Å².